The maximum Gasteiger partial charge on any atom is 0.342 e. The molecule has 2 N–H and O–H groups in total. The minimum Gasteiger partial charge on any atom is -0.339 e. The lowest BCUT2D eigenvalue weighted by Gasteiger charge is -1.95. The number of aromatic nitrogens is 3. The van der Waals surface area contributed by atoms with Gasteiger partial charge in [0.2, 0.25) is 5.49 Å². The van der Waals surface area contributed by atoms with Gasteiger partial charge in [-0.1, -0.05) is 0 Å². The smallest absolute Gasteiger partial charge is 0.339 e. The van der Waals surface area contributed by atoms with Crippen molar-refractivity contribution in [1.82, 2.24) is 20.1 Å². The van der Waals surface area contributed by atoms with E-state index in [1.54, 1.807) is 0 Å². The standard InChI is InChI=1S/C6H9N5O2/c1-7-6(13)10-4-5(12)8-3-9-11(4)2/h3H,1-2H3,(H,7,13)(H,8,9,12)/b10-4-. The molecule has 13 heavy (non-hydrogen) atoms. The molecule has 2 amide bonds. The Morgan fingerprint density at radius 3 is 3.00 bits per heavy atom. The Morgan fingerprint density at radius 2 is 2.46 bits per heavy atom. The average Bonchev–Trinajstić information content (AvgIpc) is 2.11. The van der Waals surface area contributed by atoms with Crippen molar-refractivity contribution in [1.29, 1.82) is 0 Å². The number of carbonyl (C=O) groups excluding carboxylic acids is 1. The number of aromatic amines is 1. The zero-order valence-corrected chi connectivity index (χ0v) is 7.24. The van der Waals surface area contributed by atoms with Crippen molar-refractivity contribution < 1.29 is 4.79 Å². The van der Waals surface area contributed by atoms with Gasteiger partial charge in [-0.05, 0) is 0 Å². The molecule has 1 aromatic heterocycles. The van der Waals surface area contributed by atoms with Gasteiger partial charge in [0.1, 0.15) is 6.33 Å². The van der Waals surface area contributed by atoms with E-state index in [9.17, 15) is 9.59 Å². The minimum atomic E-state index is -0.589. The lowest BCUT2D eigenvalue weighted by Crippen LogP contribution is -2.39. The van der Waals surface area contributed by atoms with Gasteiger partial charge in [-0.2, -0.15) is 10.1 Å². The number of H-pyrrole nitrogens is 1. The third kappa shape index (κ3) is 2.01. The summed E-state index contributed by atoms with van der Waals surface area (Å²) in [6.45, 7) is 0. The Kier molecular flexibility index (Phi) is 2.58. The third-order valence-corrected chi connectivity index (χ3v) is 1.36. The molecule has 1 aromatic rings. The van der Waals surface area contributed by atoms with Gasteiger partial charge in [0, 0.05) is 14.1 Å². The van der Waals surface area contributed by atoms with Gasteiger partial charge < -0.3 is 10.3 Å². The molecule has 0 aliphatic rings. The highest BCUT2D eigenvalue weighted by atomic mass is 16.2. The molecule has 0 aliphatic heterocycles. The highest BCUT2D eigenvalue weighted by Crippen LogP contribution is 1.66. The molecular formula is C6H9N5O2. The maximum absolute atomic E-state index is 11.1. The van der Waals surface area contributed by atoms with Crippen molar-refractivity contribution in [3.8, 4) is 0 Å². The summed E-state index contributed by atoms with van der Waals surface area (Å²) in [7, 11) is 2.95. The predicted molar refractivity (Wildman–Crippen MR) is 43.8 cm³/mol. The van der Waals surface area contributed by atoms with E-state index in [2.05, 4.69) is 20.4 Å². The highest BCUT2D eigenvalue weighted by Gasteiger charge is 1.97. The number of amides is 2. The molecule has 0 unspecified atom stereocenters. The van der Waals surface area contributed by atoms with Crippen LogP contribution in [0.5, 0.6) is 0 Å². The maximum atomic E-state index is 11.1. The number of rotatable bonds is 0. The molecular weight excluding hydrogens is 174 g/mol. The largest absolute Gasteiger partial charge is 0.342 e. The molecule has 0 aromatic carbocycles. The molecule has 7 nitrogen and oxygen atoms in total. The molecule has 0 fully saturated rings. The summed E-state index contributed by atoms with van der Waals surface area (Å²) >= 11 is 0. The first-order valence-corrected chi connectivity index (χ1v) is 3.52. The monoisotopic (exact) mass is 183 g/mol. The molecule has 1 heterocycles. The molecule has 70 valence electrons. The van der Waals surface area contributed by atoms with Crippen LogP contribution >= 0.6 is 0 Å². The van der Waals surface area contributed by atoms with E-state index in [1.807, 2.05) is 0 Å². The first-order chi connectivity index (χ1) is 6.15. The second kappa shape index (κ2) is 3.65. The van der Waals surface area contributed by atoms with Crippen molar-refractivity contribution in [3.63, 3.8) is 0 Å². The van der Waals surface area contributed by atoms with Crippen LogP contribution < -0.4 is 16.4 Å². The SMILES string of the molecule is CNC(=O)/N=c1/c(=O)[nH]cnn1C. The van der Waals surface area contributed by atoms with Gasteiger partial charge >= 0.3 is 6.03 Å². The van der Waals surface area contributed by atoms with Crippen molar-refractivity contribution in [3.05, 3.63) is 22.2 Å². The first-order valence-electron chi connectivity index (χ1n) is 3.52. The molecule has 0 saturated carbocycles. The second-order valence-corrected chi connectivity index (χ2v) is 2.23. The number of carbonyl (C=O) groups is 1. The average molecular weight is 183 g/mol. The van der Waals surface area contributed by atoms with Gasteiger partial charge in [-0.15, -0.1) is 0 Å². The van der Waals surface area contributed by atoms with Gasteiger partial charge in [0.15, 0.2) is 0 Å². The summed E-state index contributed by atoms with van der Waals surface area (Å²) in [4.78, 5) is 27.7. The normalized spacial score (nSPS) is 11.4. The minimum absolute atomic E-state index is 0.0400. The molecule has 0 bridgehead atoms. The topological polar surface area (TPSA) is 92.1 Å². The first kappa shape index (κ1) is 9.17. The quantitative estimate of drug-likeness (QED) is 0.504. The van der Waals surface area contributed by atoms with E-state index in [4.69, 9.17) is 0 Å². The van der Waals surface area contributed by atoms with Crippen LogP contribution in [-0.2, 0) is 7.05 Å². The van der Waals surface area contributed by atoms with E-state index in [0.29, 0.717) is 0 Å². The zero-order chi connectivity index (χ0) is 9.84. The fourth-order valence-electron chi connectivity index (χ4n) is 0.716. The Bertz CT molecular complexity index is 429. The number of urea groups is 1. The lowest BCUT2D eigenvalue weighted by molar-refractivity contribution is 0.250. The van der Waals surface area contributed by atoms with Gasteiger partial charge in [-0.3, -0.25) is 4.79 Å². The van der Waals surface area contributed by atoms with Crippen molar-refractivity contribution in [2.75, 3.05) is 7.05 Å². The Hall–Kier alpha value is -1.92. The summed E-state index contributed by atoms with van der Waals surface area (Å²) in [5.74, 6) is 0. The Labute approximate surface area is 73.1 Å². The Balaban J connectivity index is 3.36. The van der Waals surface area contributed by atoms with Crippen LogP contribution in [0, 0.1) is 0 Å². The predicted octanol–water partition coefficient (Wildman–Crippen LogP) is -1.65. The van der Waals surface area contributed by atoms with Gasteiger partial charge in [0.25, 0.3) is 5.56 Å². The van der Waals surface area contributed by atoms with Gasteiger partial charge in [0.05, 0.1) is 0 Å². The van der Waals surface area contributed by atoms with E-state index in [1.165, 1.54) is 25.1 Å². The van der Waals surface area contributed by atoms with Crippen molar-refractivity contribution >= 4 is 6.03 Å². The number of hydrogen-bond acceptors (Lipinski definition) is 3. The summed E-state index contributed by atoms with van der Waals surface area (Å²) < 4.78 is 1.22. The van der Waals surface area contributed by atoms with Crippen LogP contribution in [0.3, 0.4) is 0 Å². The summed E-state index contributed by atoms with van der Waals surface area (Å²) in [5, 5.41) is 5.98. The molecule has 1 rings (SSSR count). The van der Waals surface area contributed by atoms with Crippen LogP contribution in [0.25, 0.3) is 0 Å². The molecule has 7 heteroatoms. The number of hydrogen-bond donors (Lipinski definition) is 2. The van der Waals surface area contributed by atoms with E-state index >= 15 is 0 Å². The van der Waals surface area contributed by atoms with Crippen LogP contribution in [0.4, 0.5) is 4.79 Å². The summed E-state index contributed by atoms with van der Waals surface area (Å²) in [6.07, 6.45) is 1.23. The fraction of sp³-hybridized carbons (Fsp3) is 0.333. The number of aryl methyl sites for hydroxylation is 1. The summed E-state index contributed by atoms with van der Waals surface area (Å²) in [5.41, 5.74) is -0.497. The van der Waals surface area contributed by atoms with Crippen LogP contribution in [-0.4, -0.2) is 27.8 Å². The van der Waals surface area contributed by atoms with E-state index < -0.39 is 11.6 Å². The molecule has 0 radical (unpaired) electrons. The van der Waals surface area contributed by atoms with E-state index in [-0.39, 0.29) is 5.49 Å². The highest BCUT2D eigenvalue weighted by molar-refractivity contribution is 5.74. The lowest BCUT2D eigenvalue weighted by atomic mass is 10.7. The molecule has 0 atom stereocenters. The second-order valence-electron chi connectivity index (χ2n) is 2.23. The summed E-state index contributed by atoms with van der Waals surface area (Å²) in [6, 6.07) is -0.589. The number of nitrogens with one attached hydrogen (secondary N) is 2. The van der Waals surface area contributed by atoms with Crippen LogP contribution in [0.1, 0.15) is 0 Å². The van der Waals surface area contributed by atoms with Crippen LogP contribution in [0.15, 0.2) is 16.1 Å². The third-order valence-electron chi connectivity index (χ3n) is 1.36. The molecule has 0 saturated heterocycles. The van der Waals surface area contributed by atoms with Crippen LogP contribution in [0.2, 0.25) is 0 Å². The molecule has 0 aliphatic carbocycles. The Morgan fingerprint density at radius 1 is 1.77 bits per heavy atom. The zero-order valence-electron chi connectivity index (χ0n) is 7.24. The van der Waals surface area contributed by atoms with E-state index in [0.717, 1.165) is 0 Å². The van der Waals surface area contributed by atoms with Gasteiger partial charge in [-0.25, -0.2) is 9.48 Å². The number of nitrogens with zero attached hydrogens (tertiary/aromatic N) is 3. The fourth-order valence-corrected chi connectivity index (χ4v) is 0.716. The molecule has 0 spiro atoms. The van der Waals surface area contributed by atoms with Crippen molar-refractivity contribution in [2.45, 2.75) is 0 Å². The van der Waals surface area contributed by atoms with Crippen molar-refractivity contribution in [2.24, 2.45) is 12.0 Å².